The second kappa shape index (κ2) is 8.39. The molecule has 0 fully saturated rings. The number of nitro groups is 1. The van der Waals surface area contributed by atoms with E-state index in [0.29, 0.717) is 11.3 Å². The molecule has 7 nitrogen and oxygen atoms in total. The van der Waals surface area contributed by atoms with Crippen LogP contribution in [0.1, 0.15) is 15.9 Å². The number of carbonyl (C=O) groups is 2. The normalized spacial score (nSPS) is 10.4. The SMILES string of the molecule is COc1ccccc1C(=O)COC(=O)/C=C/c1ccccc1[N+](=O)[O-]. The van der Waals surface area contributed by atoms with Crippen LogP contribution in [0.3, 0.4) is 0 Å². The molecule has 0 saturated carbocycles. The van der Waals surface area contributed by atoms with Crippen LogP contribution in [0.2, 0.25) is 0 Å². The lowest BCUT2D eigenvalue weighted by Gasteiger charge is -2.07. The van der Waals surface area contributed by atoms with Gasteiger partial charge < -0.3 is 9.47 Å². The molecule has 0 aliphatic carbocycles. The van der Waals surface area contributed by atoms with Crippen LogP contribution in [0, 0.1) is 10.1 Å². The summed E-state index contributed by atoms with van der Waals surface area (Å²) in [6.45, 7) is -0.458. The largest absolute Gasteiger partial charge is 0.496 e. The van der Waals surface area contributed by atoms with Crippen LogP contribution in [0.5, 0.6) is 5.75 Å². The van der Waals surface area contributed by atoms with Crippen LogP contribution in [0.15, 0.2) is 54.6 Å². The highest BCUT2D eigenvalue weighted by atomic mass is 16.6. The van der Waals surface area contributed by atoms with Crippen LogP contribution in [-0.2, 0) is 9.53 Å². The summed E-state index contributed by atoms with van der Waals surface area (Å²) in [7, 11) is 1.44. The lowest BCUT2D eigenvalue weighted by molar-refractivity contribution is -0.385. The molecule has 0 amide bonds. The maximum Gasteiger partial charge on any atom is 0.331 e. The summed E-state index contributed by atoms with van der Waals surface area (Å²) in [4.78, 5) is 34.2. The van der Waals surface area contributed by atoms with Gasteiger partial charge in [0.05, 0.1) is 23.2 Å². The Hall–Kier alpha value is -3.48. The number of carbonyl (C=O) groups excluding carboxylic acids is 2. The standard InChI is InChI=1S/C18H15NO6/c1-24-17-9-5-3-7-14(17)16(20)12-25-18(21)11-10-13-6-2-4-8-15(13)19(22)23/h2-11H,12H2,1H3/b11-10+. The Balaban J connectivity index is 1.99. The molecule has 0 bridgehead atoms. The van der Waals surface area contributed by atoms with E-state index in [-0.39, 0.29) is 11.3 Å². The molecule has 0 N–H and O–H groups in total. The van der Waals surface area contributed by atoms with Crippen molar-refractivity contribution < 1.29 is 24.0 Å². The Kier molecular flexibility index (Phi) is 6.00. The van der Waals surface area contributed by atoms with Crippen molar-refractivity contribution in [1.82, 2.24) is 0 Å². The summed E-state index contributed by atoms with van der Waals surface area (Å²) >= 11 is 0. The third-order valence-electron chi connectivity index (χ3n) is 3.29. The first kappa shape index (κ1) is 17.9. The van der Waals surface area contributed by atoms with Gasteiger partial charge in [0, 0.05) is 12.1 Å². The van der Waals surface area contributed by atoms with Crippen LogP contribution in [-0.4, -0.2) is 30.4 Å². The first-order chi connectivity index (χ1) is 12.0. The van der Waals surface area contributed by atoms with Gasteiger partial charge in [0.25, 0.3) is 5.69 Å². The summed E-state index contributed by atoms with van der Waals surface area (Å²) in [5.74, 6) is -0.801. The summed E-state index contributed by atoms with van der Waals surface area (Å²) in [5.41, 5.74) is 0.442. The summed E-state index contributed by atoms with van der Waals surface area (Å²) in [6, 6.07) is 12.6. The Morgan fingerprint density at radius 2 is 1.80 bits per heavy atom. The van der Waals surface area contributed by atoms with Gasteiger partial charge in [-0.15, -0.1) is 0 Å². The van der Waals surface area contributed by atoms with Gasteiger partial charge in [-0.3, -0.25) is 14.9 Å². The van der Waals surface area contributed by atoms with Crippen molar-refractivity contribution in [3.05, 3.63) is 75.8 Å². The van der Waals surface area contributed by atoms with Gasteiger partial charge in [-0.05, 0) is 24.3 Å². The van der Waals surface area contributed by atoms with Gasteiger partial charge in [-0.25, -0.2) is 4.79 Å². The first-order valence-corrected chi connectivity index (χ1v) is 7.27. The van der Waals surface area contributed by atoms with Gasteiger partial charge in [0.2, 0.25) is 5.78 Å². The summed E-state index contributed by atoms with van der Waals surface area (Å²) in [5, 5.41) is 10.9. The highest BCUT2D eigenvalue weighted by Gasteiger charge is 2.14. The fourth-order valence-electron chi connectivity index (χ4n) is 2.09. The molecule has 0 aliphatic rings. The molecule has 128 valence electrons. The lowest BCUT2D eigenvalue weighted by atomic mass is 10.1. The molecule has 7 heteroatoms. The zero-order valence-corrected chi connectivity index (χ0v) is 13.4. The number of hydrogen-bond donors (Lipinski definition) is 0. The molecular formula is C18H15NO6. The molecule has 25 heavy (non-hydrogen) atoms. The monoisotopic (exact) mass is 341 g/mol. The molecule has 0 aromatic heterocycles. The number of benzene rings is 2. The van der Waals surface area contributed by atoms with E-state index in [9.17, 15) is 19.7 Å². The molecule has 0 unspecified atom stereocenters. The molecule has 2 aromatic carbocycles. The zero-order valence-electron chi connectivity index (χ0n) is 13.4. The number of nitrogens with zero attached hydrogens (tertiary/aromatic N) is 1. The molecule has 0 saturated heterocycles. The Labute approximate surface area is 143 Å². The van der Waals surface area contributed by atoms with E-state index in [1.165, 1.54) is 31.4 Å². The minimum atomic E-state index is -0.776. The molecule has 2 rings (SSSR count). The zero-order chi connectivity index (χ0) is 18.2. The van der Waals surface area contributed by atoms with Gasteiger partial charge in [0.15, 0.2) is 6.61 Å². The number of para-hydroxylation sites is 2. The van der Waals surface area contributed by atoms with Crippen molar-refractivity contribution >= 4 is 23.5 Å². The van der Waals surface area contributed by atoms with Crippen LogP contribution < -0.4 is 4.74 Å². The third-order valence-corrected chi connectivity index (χ3v) is 3.29. The van der Waals surface area contributed by atoms with Crippen molar-refractivity contribution in [2.45, 2.75) is 0 Å². The van der Waals surface area contributed by atoms with Gasteiger partial charge in [-0.2, -0.15) is 0 Å². The number of rotatable bonds is 7. The molecule has 0 heterocycles. The molecule has 0 atom stereocenters. The van der Waals surface area contributed by atoms with Crippen LogP contribution in [0.4, 0.5) is 5.69 Å². The maximum atomic E-state index is 12.1. The van der Waals surface area contributed by atoms with Crippen LogP contribution >= 0.6 is 0 Å². The minimum Gasteiger partial charge on any atom is -0.496 e. The first-order valence-electron chi connectivity index (χ1n) is 7.27. The van der Waals surface area contributed by atoms with E-state index in [1.807, 2.05) is 0 Å². The fraction of sp³-hybridized carbons (Fsp3) is 0.111. The number of hydrogen-bond acceptors (Lipinski definition) is 6. The highest BCUT2D eigenvalue weighted by molar-refractivity contribution is 6.01. The lowest BCUT2D eigenvalue weighted by Crippen LogP contribution is -2.13. The van der Waals surface area contributed by atoms with Crippen molar-refractivity contribution in [2.75, 3.05) is 13.7 Å². The van der Waals surface area contributed by atoms with Crippen molar-refractivity contribution in [3.8, 4) is 5.75 Å². The molecule has 0 aliphatic heterocycles. The molecule has 0 spiro atoms. The predicted octanol–water partition coefficient (Wildman–Crippen LogP) is 3.04. The van der Waals surface area contributed by atoms with Crippen LogP contribution in [0.25, 0.3) is 6.08 Å². The van der Waals surface area contributed by atoms with E-state index in [0.717, 1.165) is 6.08 Å². The van der Waals surface area contributed by atoms with E-state index in [2.05, 4.69) is 0 Å². The predicted molar refractivity (Wildman–Crippen MR) is 90.4 cm³/mol. The Morgan fingerprint density at radius 3 is 2.52 bits per heavy atom. The average molecular weight is 341 g/mol. The number of methoxy groups -OCH3 is 1. The summed E-state index contributed by atoms with van der Waals surface area (Å²) < 4.78 is 9.95. The minimum absolute atomic E-state index is 0.128. The smallest absolute Gasteiger partial charge is 0.331 e. The van der Waals surface area contributed by atoms with Gasteiger partial charge in [-0.1, -0.05) is 24.3 Å². The van der Waals surface area contributed by atoms with Crippen molar-refractivity contribution in [2.24, 2.45) is 0 Å². The number of Topliss-reactive ketones (excluding diaryl/α,β-unsaturated/α-hetero) is 1. The van der Waals surface area contributed by atoms with E-state index >= 15 is 0 Å². The van der Waals surface area contributed by atoms with Crippen molar-refractivity contribution in [3.63, 3.8) is 0 Å². The fourth-order valence-corrected chi connectivity index (χ4v) is 2.09. The van der Waals surface area contributed by atoms with Crippen molar-refractivity contribution in [1.29, 1.82) is 0 Å². The number of esters is 1. The number of ether oxygens (including phenoxy) is 2. The highest BCUT2D eigenvalue weighted by Crippen LogP contribution is 2.19. The maximum absolute atomic E-state index is 12.1. The van der Waals surface area contributed by atoms with E-state index < -0.39 is 23.3 Å². The van der Waals surface area contributed by atoms with E-state index in [4.69, 9.17) is 9.47 Å². The average Bonchev–Trinajstić information content (AvgIpc) is 2.64. The van der Waals surface area contributed by atoms with Gasteiger partial charge >= 0.3 is 5.97 Å². The molecule has 0 radical (unpaired) electrons. The van der Waals surface area contributed by atoms with E-state index in [1.54, 1.807) is 30.3 Å². The summed E-state index contributed by atoms with van der Waals surface area (Å²) in [6.07, 6.45) is 2.31. The molecular weight excluding hydrogens is 326 g/mol. The topological polar surface area (TPSA) is 95.7 Å². The van der Waals surface area contributed by atoms with Gasteiger partial charge in [0.1, 0.15) is 5.75 Å². The second-order valence-corrected chi connectivity index (χ2v) is 4.88. The molecule has 2 aromatic rings. The Bertz CT molecular complexity index is 828. The number of ketones is 1. The Morgan fingerprint density at radius 1 is 1.12 bits per heavy atom. The number of nitro benzene ring substituents is 1. The third kappa shape index (κ3) is 4.74. The second-order valence-electron chi connectivity index (χ2n) is 4.88. The quantitative estimate of drug-likeness (QED) is 0.252.